The summed E-state index contributed by atoms with van der Waals surface area (Å²) in [5.41, 5.74) is 0.478. The molecule has 2 unspecified atom stereocenters. The number of aliphatic hydroxyl groups is 1. The van der Waals surface area contributed by atoms with Crippen molar-refractivity contribution in [2.45, 2.75) is 26.4 Å². The molecule has 1 aliphatic rings. The second kappa shape index (κ2) is 5.23. The summed E-state index contributed by atoms with van der Waals surface area (Å²) in [6, 6.07) is 0. The van der Waals surface area contributed by atoms with Crippen LogP contribution < -0.4 is 5.56 Å². The summed E-state index contributed by atoms with van der Waals surface area (Å²) in [5.74, 6) is 0.0585. The topological polar surface area (TPSA) is 86.3 Å². The van der Waals surface area contributed by atoms with Crippen molar-refractivity contribution in [3.05, 3.63) is 27.1 Å². The van der Waals surface area contributed by atoms with Gasteiger partial charge < -0.3 is 15.0 Å². The highest BCUT2D eigenvalue weighted by atomic mass is 32.1. The van der Waals surface area contributed by atoms with Crippen LogP contribution in [0.15, 0.2) is 11.1 Å². The average Bonchev–Trinajstić information content (AvgIpc) is 3.04. The third-order valence-electron chi connectivity index (χ3n) is 4.12. The van der Waals surface area contributed by atoms with Crippen LogP contribution >= 0.6 is 11.3 Å². The predicted octanol–water partition coefficient (Wildman–Crippen LogP) is 1.14. The Hall–Kier alpha value is -1.73. The molecule has 0 aliphatic carbocycles. The zero-order chi connectivity index (χ0) is 15.1. The van der Waals surface area contributed by atoms with Crippen molar-refractivity contribution in [3.63, 3.8) is 0 Å². The molecule has 2 N–H and O–H groups in total. The van der Waals surface area contributed by atoms with Crippen molar-refractivity contribution in [2.75, 3.05) is 13.1 Å². The van der Waals surface area contributed by atoms with Crippen molar-refractivity contribution < 1.29 is 9.90 Å². The van der Waals surface area contributed by atoms with Gasteiger partial charge in [0, 0.05) is 19.0 Å². The zero-order valence-electron chi connectivity index (χ0n) is 11.9. The van der Waals surface area contributed by atoms with Crippen LogP contribution in [0.3, 0.4) is 0 Å². The fourth-order valence-electron chi connectivity index (χ4n) is 2.79. The molecule has 21 heavy (non-hydrogen) atoms. The number of rotatable bonds is 2. The van der Waals surface area contributed by atoms with Gasteiger partial charge in [-0.1, -0.05) is 0 Å². The van der Waals surface area contributed by atoms with Gasteiger partial charge in [-0.3, -0.25) is 9.59 Å². The largest absolute Gasteiger partial charge is 0.393 e. The summed E-state index contributed by atoms with van der Waals surface area (Å²) in [7, 11) is 0. The minimum atomic E-state index is -0.407. The van der Waals surface area contributed by atoms with E-state index >= 15 is 0 Å². The quantitative estimate of drug-likeness (QED) is 0.871. The Morgan fingerprint density at radius 3 is 3.00 bits per heavy atom. The molecule has 3 rings (SSSR count). The molecule has 2 aromatic heterocycles. The fraction of sp³-hybridized carbons (Fsp3) is 0.500. The van der Waals surface area contributed by atoms with Gasteiger partial charge in [-0.25, -0.2) is 4.98 Å². The number of H-pyrrole nitrogens is 1. The number of carbonyl (C=O) groups is 1. The molecule has 7 heteroatoms. The molecule has 1 saturated heterocycles. The SMILES string of the molecule is Cc1c(C(=O)N2CCC(C(C)O)C2)sc2nc[nH]c(=O)c12. The van der Waals surface area contributed by atoms with Crippen LogP contribution in [-0.4, -0.2) is 45.1 Å². The summed E-state index contributed by atoms with van der Waals surface area (Å²) >= 11 is 1.26. The molecule has 0 aromatic carbocycles. The monoisotopic (exact) mass is 307 g/mol. The number of amides is 1. The summed E-state index contributed by atoms with van der Waals surface area (Å²) in [5, 5.41) is 10.1. The van der Waals surface area contributed by atoms with E-state index in [-0.39, 0.29) is 17.4 Å². The number of thiophene rings is 1. The Balaban J connectivity index is 1.94. The first kappa shape index (κ1) is 14.2. The Labute approximate surface area is 125 Å². The van der Waals surface area contributed by atoms with Crippen LogP contribution in [0.2, 0.25) is 0 Å². The number of fused-ring (bicyclic) bond motifs is 1. The van der Waals surface area contributed by atoms with Gasteiger partial charge in [-0.05, 0) is 25.8 Å². The number of hydrogen-bond acceptors (Lipinski definition) is 5. The molecule has 2 atom stereocenters. The minimum Gasteiger partial charge on any atom is -0.393 e. The van der Waals surface area contributed by atoms with Gasteiger partial charge in [-0.15, -0.1) is 11.3 Å². The van der Waals surface area contributed by atoms with E-state index in [1.54, 1.807) is 18.7 Å². The molecule has 0 saturated carbocycles. The normalized spacial score (nSPS) is 20.1. The Morgan fingerprint density at radius 1 is 1.62 bits per heavy atom. The zero-order valence-corrected chi connectivity index (χ0v) is 12.7. The summed E-state index contributed by atoms with van der Waals surface area (Å²) in [4.78, 5) is 34.1. The van der Waals surface area contributed by atoms with Gasteiger partial charge in [0.25, 0.3) is 11.5 Å². The molecule has 112 valence electrons. The highest BCUT2D eigenvalue weighted by Gasteiger charge is 2.31. The van der Waals surface area contributed by atoms with Gasteiger partial charge in [0.05, 0.1) is 22.7 Å². The Morgan fingerprint density at radius 2 is 2.38 bits per heavy atom. The number of hydrogen-bond donors (Lipinski definition) is 2. The van der Waals surface area contributed by atoms with E-state index in [1.165, 1.54) is 17.7 Å². The molecular formula is C14H17N3O3S. The maximum atomic E-state index is 12.6. The van der Waals surface area contributed by atoms with Gasteiger partial charge in [0.1, 0.15) is 4.83 Å². The smallest absolute Gasteiger partial charge is 0.264 e. The minimum absolute atomic E-state index is 0.0712. The van der Waals surface area contributed by atoms with E-state index in [1.807, 2.05) is 0 Å². The third-order valence-corrected chi connectivity index (χ3v) is 5.31. The maximum Gasteiger partial charge on any atom is 0.264 e. The van der Waals surface area contributed by atoms with Crippen LogP contribution in [0.4, 0.5) is 0 Å². The molecular weight excluding hydrogens is 290 g/mol. The van der Waals surface area contributed by atoms with Gasteiger partial charge in [0.15, 0.2) is 0 Å². The highest BCUT2D eigenvalue weighted by Crippen LogP contribution is 2.30. The standard InChI is InChI=1S/C14H17N3O3S/c1-7-10-12(19)15-6-16-13(10)21-11(7)14(20)17-4-3-9(5-17)8(2)18/h6,8-9,18H,3-5H2,1-2H3,(H,15,16,19). The summed E-state index contributed by atoms with van der Waals surface area (Å²) in [6.07, 6.45) is 1.76. The first-order valence-electron chi connectivity index (χ1n) is 6.93. The number of aliphatic hydroxyl groups excluding tert-OH is 1. The van der Waals surface area contributed by atoms with Crippen molar-refractivity contribution in [1.29, 1.82) is 0 Å². The molecule has 1 amide bonds. The van der Waals surface area contributed by atoms with E-state index in [0.717, 1.165) is 6.42 Å². The lowest BCUT2D eigenvalue weighted by atomic mass is 10.0. The molecule has 1 fully saturated rings. The van der Waals surface area contributed by atoms with Crippen LogP contribution in [0.1, 0.15) is 28.6 Å². The van der Waals surface area contributed by atoms with E-state index in [0.29, 0.717) is 33.7 Å². The number of aromatic amines is 1. The molecule has 0 spiro atoms. The average molecular weight is 307 g/mol. The Kier molecular flexibility index (Phi) is 3.54. The van der Waals surface area contributed by atoms with Crippen molar-refractivity contribution in [3.8, 4) is 0 Å². The lowest BCUT2D eigenvalue weighted by Crippen LogP contribution is -2.30. The van der Waals surface area contributed by atoms with Crippen LogP contribution in [0, 0.1) is 12.8 Å². The van der Waals surface area contributed by atoms with Crippen molar-refractivity contribution in [1.82, 2.24) is 14.9 Å². The van der Waals surface area contributed by atoms with Crippen LogP contribution in [0.5, 0.6) is 0 Å². The maximum absolute atomic E-state index is 12.6. The predicted molar refractivity (Wildman–Crippen MR) is 80.7 cm³/mol. The number of aryl methyl sites for hydroxylation is 1. The number of aromatic nitrogens is 2. The third kappa shape index (κ3) is 2.36. The van der Waals surface area contributed by atoms with Gasteiger partial charge in [-0.2, -0.15) is 0 Å². The molecule has 2 aromatic rings. The van der Waals surface area contributed by atoms with Gasteiger partial charge in [0.2, 0.25) is 0 Å². The Bertz CT molecular complexity index is 749. The van der Waals surface area contributed by atoms with Crippen LogP contribution in [-0.2, 0) is 0 Å². The van der Waals surface area contributed by atoms with E-state index < -0.39 is 6.10 Å². The molecule has 6 nitrogen and oxygen atoms in total. The van der Waals surface area contributed by atoms with Crippen molar-refractivity contribution in [2.24, 2.45) is 5.92 Å². The fourth-order valence-corrected chi connectivity index (χ4v) is 3.91. The van der Waals surface area contributed by atoms with E-state index in [4.69, 9.17) is 0 Å². The van der Waals surface area contributed by atoms with E-state index in [9.17, 15) is 14.7 Å². The first-order chi connectivity index (χ1) is 9.99. The lowest BCUT2D eigenvalue weighted by molar-refractivity contribution is 0.0766. The molecule has 1 aliphatic heterocycles. The number of carbonyl (C=O) groups excluding carboxylic acids is 1. The molecule has 3 heterocycles. The second-order valence-electron chi connectivity index (χ2n) is 5.51. The van der Waals surface area contributed by atoms with Gasteiger partial charge >= 0.3 is 0 Å². The van der Waals surface area contributed by atoms with E-state index in [2.05, 4.69) is 9.97 Å². The summed E-state index contributed by atoms with van der Waals surface area (Å²) < 4.78 is 0. The first-order valence-corrected chi connectivity index (χ1v) is 7.74. The molecule has 0 bridgehead atoms. The number of likely N-dealkylation sites (tertiary alicyclic amines) is 1. The number of nitrogens with one attached hydrogen (secondary N) is 1. The molecule has 0 radical (unpaired) electrons. The second-order valence-corrected chi connectivity index (χ2v) is 6.51. The summed E-state index contributed by atoms with van der Waals surface area (Å²) in [6.45, 7) is 4.75. The number of nitrogens with zero attached hydrogens (tertiary/aromatic N) is 2. The highest BCUT2D eigenvalue weighted by molar-refractivity contribution is 7.20. The van der Waals surface area contributed by atoms with Crippen LogP contribution in [0.25, 0.3) is 10.2 Å². The van der Waals surface area contributed by atoms with Crippen molar-refractivity contribution >= 4 is 27.5 Å². The lowest BCUT2D eigenvalue weighted by Gasteiger charge is -2.17.